The van der Waals surface area contributed by atoms with Gasteiger partial charge >= 0.3 is 0 Å². The lowest BCUT2D eigenvalue weighted by Crippen LogP contribution is -1.99. The van der Waals surface area contributed by atoms with E-state index in [1.54, 1.807) is 6.20 Å². The van der Waals surface area contributed by atoms with Gasteiger partial charge in [0.1, 0.15) is 17.7 Å². The van der Waals surface area contributed by atoms with Crippen LogP contribution in [-0.2, 0) is 0 Å². The zero-order chi connectivity index (χ0) is 9.26. The minimum Gasteiger partial charge on any atom is -0.239 e. The van der Waals surface area contributed by atoms with Crippen molar-refractivity contribution in [1.29, 1.82) is 0 Å². The second-order valence-electron chi connectivity index (χ2n) is 3.05. The van der Waals surface area contributed by atoms with Crippen LogP contribution in [0.2, 0.25) is 0 Å². The van der Waals surface area contributed by atoms with E-state index in [0.717, 1.165) is 5.82 Å². The summed E-state index contributed by atoms with van der Waals surface area (Å²) < 4.78 is 0. The summed E-state index contributed by atoms with van der Waals surface area (Å²) in [5, 5.41) is 7.52. The molecule has 2 heterocycles. The topological polar surface area (TPSA) is 64.5 Å². The van der Waals surface area contributed by atoms with Gasteiger partial charge in [-0.3, -0.25) is 0 Å². The van der Waals surface area contributed by atoms with Crippen molar-refractivity contribution in [3.63, 3.8) is 0 Å². The first-order valence-corrected chi connectivity index (χ1v) is 4.07. The van der Waals surface area contributed by atoms with Gasteiger partial charge in [-0.25, -0.2) is 15.0 Å². The molecule has 0 saturated carbocycles. The van der Waals surface area contributed by atoms with Gasteiger partial charge in [0.25, 0.3) is 0 Å². The molecule has 2 aromatic heterocycles. The Hall–Kier alpha value is -1.65. The van der Waals surface area contributed by atoms with E-state index in [9.17, 15) is 0 Å². The summed E-state index contributed by atoms with van der Waals surface area (Å²) in [4.78, 5) is 12.4. The van der Waals surface area contributed by atoms with Crippen molar-refractivity contribution in [2.24, 2.45) is 0 Å². The lowest BCUT2D eigenvalue weighted by Gasteiger charge is -2.01. The number of aromatic nitrogens is 5. The standard InChI is InChI=1S/C8H9N5/c1-5(2)7-9-3-6-8(12-7)13-11-4-10-6/h3-5H,1-2H3. The monoisotopic (exact) mass is 175 g/mol. The van der Waals surface area contributed by atoms with Gasteiger partial charge in [-0.2, -0.15) is 0 Å². The van der Waals surface area contributed by atoms with E-state index in [2.05, 4.69) is 25.1 Å². The zero-order valence-corrected chi connectivity index (χ0v) is 7.47. The van der Waals surface area contributed by atoms with E-state index < -0.39 is 0 Å². The van der Waals surface area contributed by atoms with E-state index in [1.165, 1.54) is 6.33 Å². The fraction of sp³-hybridized carbons (Fsp3) is 0.375. The molecule has 0 aromatic carbocycles. The minimum atomic E-state index is 0.298. The van der Waals surface area contributed by atoms with Crippen LogP contribution in [0.3, 0.4) is 0 Å². The second kappa shape index (κ2) is 3.01. The average Bonchev–Trinajstić information content (AvgIpc) is 2.17. The molecular formula is C8H9N5. The third-order valence-electron chi connectivity index (χ3n) is 1.69. The van der Waals surface area contributed by atoms with Crippen LogP contribution in [0.4, 0.5) is 0 Å². The fourth-order valence-electron chi connectivity index (χ4n) is 0.991. The molecule has 0 amide bonds. The molecule has 0 N–H and O–H groups in total. The third-order valence-corrected chi connectivity index (χ3v) is 1.69. The Balaban J connectivity index is 2.62. The Morgan fingerprint density at radius 2 is 2.08 bits per heavy atom. The van der Waals surface area contributed by atoms with Crippen molar-refractivity contribution in [2.45, 2.75) is 19.8 Å². The Kier molecular flexibility index (Phi) is 1.84. The van der Waals surface area contributed by atoms with Gasteiger partial charge in [0.2, 0.25) is 5.65 Å². The number of rotatable bonds is 1. The van der Waals surface area contributed by atoms with Crippen molar-refractivity contribution in [3.8, 4) is 0 Å². The van der Waals surface area contributed by atoms with Gasteiger partial charge in [0, 0.05) is 5.92 Å². The highest BCUT2D eigenvalue weighted by Crippen LogP contribution is 2.10. The van der Waals surface area contributed by atoms with Gasteiger partial charge in [0.15, 0.2) is 0 Å². The zero-order valence-electron chi connectivity index (χ0n) is 7.47. The Bertz CT molecular complexity index is 426. The van der Waals surface area contributed by atoms with E-state index in [1.807, 2.05) is 13.8 Å². The summed E-state index contributed by atoms with van der Waals surface area (Å²) >= 11 is 0. The summed E-state index contributed by atoms with van der Waals surface area (Å²) in [6.45, 7) is 4.07. The van der Waals surface area contributed by atoms with Crippen molar-refractivity contribution < 1.29 is 0 Å². The average molecular weight is 175 g/mol. The molecule has 0 bridgehead atoms. The van der Waals surface area contributed by atoms with Crippen LogP contribution >= 0.6 is 0 Å². The van der Waals surface area contributed by atoms with Crippen LogP contribution in [0.25, 0.3) is 11.2 Å². The van der Waals surface area contributed by atoms with E-state index in [0.29, 0.717) is 17.1 Å². The van der Waals surface area contributed by atoms with Crippen molar-refractivity contribution >= 4 is 11.2 Å². The first-order valence-electron chi connectivity index (χ1n) is 4.07. The molecular weight excluding hydrogens is 166 g/mol. The highest BCUT2D eigenvalue weighted by molar-refractivity contribution is 5.66. The quantitative estimate of drug-likeness (QED) is 0.645. The second-order valence-corrected chi connectivity index (χ2v) is 3.05. The van der Waals surface area contributed by atoms with Crippen molar-refractivity contribution in [2.75, 3.05) is 0 Å². The van der Waals surface area contributed by atoms with Gasteiger partial charge in [-0.05, 0) is 0 Å². The third kappa shape index (κ3) is 1.44. The number of nitrogens with zero attached hydrogens (tertiary/aromatic N) is 5. The van der Waals surface area contributed by atoms with E-state index in [-0.39, 0.29) is 0 Å². The summed E-state index contributed by atoms with van der Waals surface area (Å²) in [5.74, 6) is 1.07. The molecule has 66 valence electrons. The van der Waals surface area contributed by atoms with Crippen LogP contribution in [0.5, 0.6) is 0 Å². The summed E-state index contributed by atoms with van der Waals surface area (Å²) in [5.41, 5.74) is 1.24. The molecule has 5 heteroatoms. The van der Waals surface area contributed by atoms with Crippen LogP contribution in [0.15, 0.2) is 12.5 Å². The minimum absolute atomic E-state index is 0.298. The first kappa shape index (κ1) is 7.97. The Morgan fingerprint density at radius 1 is 1.23 bits per heavy atom. The molecule has 2 rings (SSSR count). The molecule has 13 heavy (non-hydrogen) atoms. The molecule has 0 fully saturated rings. The molecule has 0 unspecified atom stereocenters. The highest BCUT2D eigenvalue weighted by Gasteiger charge is 2.04. The van der Waals surface area contributed by atoms with Gasteiger partial charge < -0.3 is 0 Å². The van der Waals surface area contributed by atoms with Crippen molar-refractivity contribution in [3.05, 3.63) is 18.3 Å². The Labute approximate surface area is 75.3 Å². The number of hydrogen-bond acceptors (Lipinski definition) is 5. The number of fused-ring (bicyclic) bond motifs is 1. The molecule has 0 aliphatic carbocycles. The molecule has 0 spiro atoms. The summed E-state index contributed by atoms with van der Waals surface area (Å²) in [6, 6.07) is 0. The Morgan fingerprint density at radius 3 is 2.85 bits per heavy atom. The predicted octanol–water partition coefficient (Wildman–Crippen LogP) is 0.938. The van der Waals surface area contributed by atoms with Gasteiger partial charge in [-0.1, -0.05) is 13.8 Å². The smallest absolute Gasteiger partial charge is 0.203 e. The predicted molar refractivity (Wildman–Crippen MR) is 47.0 cm³/mol. The van der Waals surface area contributed by atoms with Gasteiger partial charge in [0.05, 0.1) is 6.20 Å². The van der Waals surface area contributed by atoms with E-state index >= 15 is 0 Å². The molecule has 2 aromatic rings. The molecule has 5 nitrogen and oxygen atoms in total. The maximum atomic E-state index is 4.23. The lowest BCUT2D eigenvalue weighted by atomic mass is 10.2. The maximum absolute atomic E-state index is 4.23. The molecule has 0 atom stereocenters. The maximum Gasteiger partial charge on any atom is 0.203 e. The van der Waals surface area contributed by atoms with Gasteiger partial charge in [-0.15, -0.1) is 10.2 Å². The largest absolute Gasteiger partial charge is 0.239 e. The van der Waals surface area contributed by atoms with Crippen molar-refractivity contribution in [1.82, 2.24) is 25.1 Å². The molecule has 0 aliphatic heterocycles. The highest BCUT2D eigenvalue weighted by atomic mass is 15.2. The lowest BCUT2D eigenvalue weighted by molar-refractivity contribution is 0.776. The van der Waals surface area contributed by atoms with Crippen LogP contribution in [-0.4, -0.2) is 25.1 Å². The SMILES string of the molecule is CC(C)c1ncc2ncnnc2n1. The van der Waals surface area contributed by atoms with E-state index in [4.69, 9.17) is 0 Å². The molecule has 0 radical (unpaired) electrons. The normalized spacial score (nSPS) is 11.0. The van der Waals surface area contributed by atoms with Crippen LogP contribution in [0, 0.1) is 0 Å². The first-order chi connectivity index (χ1) is 6.27. The van der Waals surface area contributed by atoms with Crippen LogP contribution < -0.4 is 0 Å². The molecule has 0 aliphatic rings. The fourth-order valence-corrected chi connectivity index (χ4v) is 0.991. The van der Waals surface area contributed by atoms with Crippen LogP contribution in [0.1, 0.15) is 25.6 Å². The number of hydrogen-bond donors (Lipinski definition) is 0. The molecule has 0 saturated heterocycles. The summed E-state index contributed by atoms with van der Waals surface area (Å²) in [6.07, 6.45) is 3.06. The summed E-state index contributed by atoms with van der Waals surface area (Å²) in [7, 11) is 0.